The number of carbonyl (C=O) groups is 1. The van der Waals surface area contributed by atoms with Crippen LogP contribution < -0.4 is 5.32 Å². The lowest BCUT2D eigenvalue weighted by molar-refractivity contribution is -0.127. The number of rotatable bonds is 6. The van der Waals surface area contributed by atoms with Crippen LogP contribution in [0.2, 0.25) is 0 Å². The molecule has 4 nitrogen and oxygen atoms in total. The fourth-order valence-corrected chi connectivity index (χ4v) is 2.59. The first-order valence-electron chi connectivity index (χ1n) is 7.35. The molecule has 1 heterocycles. The van der Waals surface area contributed by atoms with E-state index in [1.807, 2.05) is 6.92 Å². The van der Waals surface area contributed by atoms with Crippen molar-refractivity contribution in [1.29, 1.82) is 0 Å². The number of aliphatic hydroxyl groups excluding tert-OH is 1. The summed E-state index contributed by atoms with van der Waals surface area (Å²) in [5.74, 6) is 0.101. The van der Waals surface area contributed by atoms with Crippen LogP contribution in [0.3, 0.4) is 0 Å². The van der Waals surface area contributed by atoms with Gasteiger partial charge in [0.2, 0.25) is 5.91 Å². The van der Waals surface area contributed by atoms with Crippen molar-refractivity contribution in [3.8, 4) is 0 Å². The zero-order chi connectivity index (χ0) is 13.4. The topological polar surface area (TPSA) is 52.6 Å². The molecule has 0 aromatic rings. The average Bonchev–Trinajstić information content (AvgIpc) is 2.62. The number of nitrogens with one attached hydrogen (secondary N) is 1. The van der Waals surface area contributed by atoms with Gasteiger partial charge in [-0.2, -0.15) is 0 Å². The van der Waals surface area contributed by atoms with E-state index in [2.05, 4.69) is 17.1 Å². The van der Waals surface area contributed by atoms with Gasteiger partial charge >= 0.3 is 0 Å². The predicted molar refractivity (Wildman–Crippen MR) is 73.4 cm³/mol. The van der Waals surface area contributed by atoms with Crippen molar-refractivity contribution in [1.82, 2.24) is 10.2 Å². The molecule has 0 saturated carbocycles. The van der Waals surface area contributed by atoms with Crippen LogP contribution in [-0.2, 0) is 4.79 Å². The molecule has 106 valence electrons. The van der Waals surface area contributed by atoms with Crippen LogP contribution in [0.4, 0.5) is 0 Å². The summed E-state index contributed by atoms with van der Waals surface area (Å²) in [7, 11) is 0. The van der Waals surface area contributed by atoms with Gasteiger partial charge in [0.25, 0.3) is 0 Å². The van der Waals surface area contributed by atoms with Gasteiger partial charge in [-0.25, -0.2) is 0 Å². The van der Waals surface area contributed by atoms with Gasteiger partial charge in [0.05, 0.1) is 12.6 Å². The molecule has 2 atom stereocenters. The fourth-order valence-electron chi connectivity index (χ4n) is 2.59. The van der Waals surface area contributed by atoms with Crippen molar-refractivity contribution in [2.75, 3.05) is 19.7 Å². The number of likely N-dealkylation sites (tertiary alicyclic amines) is 1. The Morgan fingerprint density at radius 2 is 2.22 bits per heavy atom. The second-order valence-electron chi connectivity index (χ2n) is 5.24. The normalized spacial score (nSPS) is 23.4. The van der Waals surface area contributed by atoms with E-state index in [-0.39, 0.29) is 24.6 Å². The Hall–Kier alpha value is -0.610. The van der Waals surface area contributed by atoms with E-state index in [0.29, 0.717) is 0 Å². The number of nitrogens with zero attached hydrogens (tertiary/aromatic N) is 1. The lowest BCUT2D eigenvalue weighted by atomic mass is 10.1. The largest absolute Gasteiger partial charge is 0.395 e. The highest BCUT2D eigenvalue weighted by Gasteiger charge is 2.28. The number of hydrogen-bond acceptors (Lipinski definition) is 3. The zero-order valence-corrected chi connectivity index (χ0v) is 11.8. The summed E-state index contributed by atoms with van der Waals surface area (Å²) >= 11 is 0. The van der Waals surface area contributed by atoms with Crippen LogP contribution in [0.5, 0.6) is 0 Å². The Morgan fingerprint density at radius 1 is 1.44 bits per heavy atom. The van der Waals surface area contributed by atoms with E-state index in [0.717, 1.165) is 45.2 Å². The minimum Gasteiger partial charge on any atom is -0.395 e. The molecule has 1 rings (SSSR count). The molecule has 1 fully saturated rings. The third-order valence-electron chi connectivity index (χ3n) is 3.84. The molecule has 1 aliphatic rings. The summed E-state index contributed by atoms with van der Waals surface area (Å²) in [5, 5.41) is 12.4. The van der Waals surface area contributed by atoms with Crippen LogP contribution in [0, 0.1) is 0 Å². The van der Waals surface area contributed by atoms with E-state index in [1.165, 1.54) is 6.42 Å². The van der Waals surface area contributed by atoms with E-state index in [4.69, 9.17) is 0 Å². The monoisotopic (exact) mass is 256 g/mol. The standard InChI is InChI=1S/C14H28N2O2/c1-3-4-9-15-14(18)12(2)16-10-7-5-6-8-13(16)11-17/h12-13,17H,3-11H2,1-2H3,(H,15,18). The molecule has 0 bridgehead atoms. The van der Waals surface area contributed by atoms with E-state index >= 15 is 0 Å². The molecule has 0 spiro atoms. The molecular weight excluding hydrogens is 228 g/mol. The fraction of sp³-hybridized carbons (Fsp3) is 0.929. The number of amides is 1. The Kier molecular flexibility index (Phi) is 7.28. The van der Waals surface area contributed by atoms with Crippen LogP contribution in [0.15, 0.2) is 0 Å². The van der Waals surface area contributed by atoms with Crippen molar-refractivity contribution in [2.24, 2.45) is 0 Å². The van der Waals surface area contributed by atoms with Gasteiger partial charge in [0.1, 0.15) is 0 Å². The quantitative estimate of drug-likeness (QED) is 0.709. The average molecular weight is 256 g/mol. The molecule has 1 saturated heterocycles. The van der Waals surface area contributed by atoms with E-state index in [1.54, 1.807) is 0 Å². The first-order chi connectivity index (χ1) is 8.70. The number of hydrogen-bond donors (Lipinski definition) is 2. The summed E-state index contributed by atoms with van der Waals surface area (Å²) in [4.78, 5) is 14.2. The SMILES string of the molecule is CCCCNC(=O)C(C)N1CCCCCC1CO. The number of aliphatic hydroxyl groups is 1. The lowest BCUT2D eigenvalue weighted by Gasteiger charge is -2.33. The zero-order valence-electron chi connectivity index (χ0n) is 11.8. The molecular formula is C14H28N2O2. The summed E-state index contributed by atoms with van der Waals surface area (Å²) in [5.41, 5.74) is 0. The Morgan fingerprint density at radius 3 is 2.89 bits per heavy atom. The highest BCUT2D eigenvalue weighted by molar-refractivity contribution is 5.81. The number of unbranched alkanes of at least 4 members (excludes halogenated alkanes) is 1. The molecule has 0 radical (unpaired) electrons. The summed E-state index contributed by atoms with van der Waals surface area (Å²) in [6.07, 6.45) is 6.62. The van der Waals surface area contributed by atoms with Gasteiger partial charge < -0.3 is 10.4 Å². The van der Waals surface area contributed by atoms with Crippen LogP contribution in [0.1, 0.15) is 52.4 Å². The maximum Gasteiger partial charge on any atom is 0.237 e. The highest BCUT2D eigenvalue weighted by Crippen LogP contribution is 2.19. The minimum absolute atomic E-state index is 0.101. The highest BCUT2D eigenvalue weighted by atomic mass is 16.3. The maximum atomic E-state index is 12.1. The molecule has 0 aliphatic carbocycles. The first kappa shape index (κ1) is 15.4. The van der Waals surface area contributed by atoms with Gasteiger partial charge in [-0.15, -0.1) is 0 Å². The predicted octanol–water partition coefficient (Wildman–Crippen LogP) is 1.53. The lowest BCUT2D eigenvalue weighted by Crippen LogP contribution is -2.50. The van der Waals surface area contributed by atoms with Crippen molar-refractivity contribution in [2.45, 2.75) is 64.5 Å². The van der Waals surface area contributed by atoms with E-state index < -0.39 is 0 Å². The molecule has 0 aromatic carbocycles. The van der Waals surface area contributed by atoms with Crippen LogP contribution in [0.25, 0.3) is 0 Å². The smallest absolute Gasteiger partial charge is 0.237 e. The van der Waals surface area contributed by atoms with Crippen LogP contribution >= 0.6 is 0 Å². The van der Waals surface area contributed by atoms with Gasteiger partial charge in [-0.1, -0.05) is 26.2 Å². The van der Waals surface area contributed by atoms with Gasteiger partial charge in [-0.3, -0.25) is 9.69 Å². The molecule has 2 unspecified atom stereocenters. The van der Waals surface area contributed by atoms with Crippen LogP contribution in [-0.4, -0.2) is 47.7 Å². The van der Waals surface area contributed by atoms with Crippen molar-refractivity contribution in [3.05, 3.63) is 0 Å². The molecule has 18 heavy (non-hydrogen) atoms. The molecule has 4 heteroatoms. The second-order valence-corrected chi connectivity index (χ2v) is 5.24. The first-order valence-corrected chi connectivity index (χ1v) is 7.35. The van der Waals surface area contributed by atoms with Gasteiger partial charge in [0.15, 0.2) is 0 Å². The Labute approximate surface area is 111 Å². The third-order valence-corrected chi connectivity index (χ3v) is 3.84. The molecule has 1 amide bonds. The van der Waals surface area contributed by atoms with Crippen molar-refractivity contribution < 1.29 is 9.90 Å². The summed E-state index contributed by atoms with van der Waals surface area (Å²) in [6, 6.07) is 0.0246. The maximum absolute atomic E-state index is 12.1. The molecule has 2 N–H and O–H groups in total. The van der Waals surface area contributed by atoms with Crippen molar-refractivity contribution >= 4 is 5.91 Å². The second kappa shape index (κ2) is 8.48. The third kappa shape index (κ3) is 4.58. The molecule has 1 aliphatic heterocycles. The Balaban J connectivity index is 2.50. The van der Waals surface area contributed by atoms with Crippen molar-refractivity contribution in [3.63, 3.8) is 0 Å². The number of carbonyl (C=O) groups excluding carboxylic acids is 1. The minimum atomic E-state index is -0.128. The van der Waals surface area contributed by atoms with E-state index in [9.17, 15) is 9.90 Å². The summed E-state index contributed by atoms with van der Waals surface area (Å²) < 4.78 is 0. The van der Waals surface area contributed by atoms with Gasteiger partial charge in [0, 0.05) is 12.6 Å². The van der Waals surface area contributed by atoms with Gasteiger partial charge in [-0.05, 0) is 32.7 Å². The Bertz CT molecular complexity index is 246. The summed E-state index contributed by atoms with van der Waals surface area (Å²) in [6.45, 7) is 5.92. The molecule has 0 aromatic heterocycles.